The smallest absolute Gasteiger partial charge is 0.352 e. The Kier molecular flexibility index (Phi) is 8.80. The molecular weight excluding hydrogens is 558 g/mol. The summed E-state index contributed by atoms with van der Waals surface area (Å²) in [7, 11) is 5.22. The van der Waals surface area contributed by atoms with Crippen LogP contribution in [0.25, 0.3) is 0 Å². The molecule has 2 aromatic heterocycles. The van der Waals surface area contributed by atoms with Crippen molar-refractivity contribution in [2.75, 3.05) is 45.0 Å². The van der Waals surface area contributed by atoms with Crippen molar-refractivity contribution in [3.63, 3.8) is 0 Å². The highest BCUT2D eigenvalue weighted by Crippen LogP contribution is 2.41. The first kappa shape index (κ1) is 27.7. The summed E-state index contributed by atoms with van der Waals surface area (Å²) in [5.41, 5.74) is 5.81. The maximum absolute atomic E-state index is 13.0. The van der Waals surface area contributed by atoms with Crippen molar-refractivity contribution in [3.8, 4) is 0 Å². The van der Waals surface area contributed by atoms with Gasteiger partial charge >= 0.3 is 5.97 Å². The number of aryl methyl sites for hydroxylation is 1. The van der Waals surface area contributed by atoms with E-state index in [1.807, 2.05) is 14.1 Å². The number of carbonyl (C=O) groups excluding carboxylic acids is 2. The lowest BCUT2D eigenvalue weighted by Crippen LogP contribution is -2.71. The zero-order valence-corrected chi connectivity index (χ0v) is 23.0. The number of nitrogens with two attached hydrogens (primary N) is 1. The summed E-state index contributed by atoms with van der Waals surface area (Å²) < 4.78 is 5.63. The van der Waals surface area contributed by atoms with Crippen LogP contribution in [0.1, 0.15) is 12.2 Å². The van der Waals surface area contributed by atoms with Crippen LogP contribution in [0.4, 0.5) is 5.13 Å². The van der Waals surface area contributed by atoms with Crippen molar-refractivity contribution in [2.24, 2.45) is 5.16 Å². The largest absolute Gasteiger partial charge is 0.477 e. The molecule has 4 rings (SSSR count). The van der Waals surface area contributed by atoms with Crippen LogP contribution in [-0.2, 0) is 25.8 Å². The minimum absolute atomic E-state index is 0.0405. The number of hydrogen-bond acceptors (Lipinski definition) is 15. The van der Waals surface area contributed by atoms with E-state index in [9.17, 15) is 19.5 Å². The van der Waals surface area contributed by atoms with Crippen molar-refractivity contribution < 1.29 is 24.3 Å². The van der Waals surface area contributed by atoms with Gasteiger partial charge in [0.1, 0.15) is 24.2 Å². The minimum atomic E-state index is -1.22. The van der Waals surface area contributed by atoms with Crippen LogP contribution < -0.4 is 11.1 Å². The van der Waals surface area contributed by atoms with Crippen molar-refractivity contribution in [2.45, 2.75) is 29.5 Å². The van der Waals surface area contributed by atoms with E-state index in [-0.39, 0.29) is 28.1 Å². The molecule has 1 saturated heterocycles. The van der Waals surface area contributed by atoms with E-state index in [1.165, 1.54) is 35.5 Å². The summed E-state index contributed by atoms with van der Waals surface area (Å²) in [5, 5.41) is 28.1. The number of carboxylic acid groups (broad SMARTS) is 1. The molecule has 0 aromatic carbocycles. The Hall–Kier alpha value is -3.29. The molecule has 0 bridgehead atoms. The van der Waals surface area contributed by atoms with Gasteiger partial charge in [-0.2, -0.15) is 9.36 Å². The Morgan fingerprint density at radius 1 is 1.39 bits per heavy atom. The second kappa shape index (κ2) is 12.0. The van der Waals surface area contributed by atoms with Gasteiger partial charge in [0.25, 0.3) is 11.8 Å². The number of fused-ring (bicyclic) bond motifs is 1. The Bertz CT molecular complexity index is 1280. The van der Waals surface area contributed by atoms with Crippen molar-refractivity contribution in [1.29, 1.82) is 0 Å². The summed E-state index contributed by atoms with van der Waals surface area (Å²) >= 11 is 3.54. The molecule has 38 heavy (non-hydrogen) atoms. The highest BCUT2D eigenvalue weighted by molar-refractivity contribution is 8.01. The van der Waals surface area contributed by atoms with Crippen LogP contribution in [0.15, 0.2) is 21.6 Å². The average molecular weight is 584 g/mol. The lowest BCUT2D eigenvalue weighted by atomic mass is 10.0. The van der Waals surface area contributed by atoms with Crippen LogP contribution in [0, 0.1) is 0 Å². The van der Waals surface area contributed by atoms with Gasteiger partial charge in [0.2, 0.25) is 16.7 Å². The van der Waals surface area contributed by atoms with Crippen molar-refractivity contribution >= 4 is 63.7 Å². The fourth-order valence-electron chi connectivity index (χ4n) is 3.74. The molecule has 0 radical (unpaired) electrons. The van der Waals surface area contributed by atoms with E-state index in [2.05, 4.69) is 40.3 Å². The molecule has 0 spiro atoms. The number of aromatic nitrogens is 6. The molecule has 204 valence electrons. The second-order valence-corrected chi connectivity index (χ2v) is 11.2. The topological polar surface area (TPSA) is 207 Å². The summed E-state index contributed by atoms with van der Waals surface area (Å²) in [6, 6.07) is -0.960. The third kappa shape index (κ3) is 5.89. The standard InChI is InChI=1S/C19H25N11O5S3/c1-28(2)5-4-6-29-19(23-26-27-29)37-8-9-7-36-16-11(15(32)30(16)12(9)17(33)34)21-14(31)10(24-35-3)13-22-18(20)38-25-13/h11,16H,4-8H2,1-3H3,(H,21,31)(H,33,34)(H2,20,22,25)/t11?,16-/m0/s1. The number of nitrogens with zero attached hydrogens (tertiary/aromatic N) is 9. The molecule has 16 nitrogen and oxygen atoms in total. The maximum atomic E-state index is 13.0. The predicted molar refractivity (Wildman–Crippen MR) is 139 cm³/mol. The predicted octanol–water partition coefficient (Wildman–Crippen LogP) is -1.06. The summed E-state index contributed by atoms with van der Waals surface area (Å²) in [5.74, 6) is -1.92. The summed E-state index contributed by atoms with van der Waals surface area (Å²) in [6.45, 7) is 1.50. The Balaban J connectivity index is 1.44. The van der Waals surface area contributed by atoms with E-state index >= 15 is 0 Å². The number of anilines is 1. The van der Waals surface area contributed by atoms with E-state index in [4.69, 9.17) is 10.6 Å². The van der Waals surface area contributed by atoms with Gasteiger partial charge in [-0.3, -0.25) is 14.5 Å². The number of aliphatic carboxylic acids is 1. The molecule has 1 fully saturated rings. The normalized spacial score (nSPS) is 19.4. The zero-order valence-electron chi connectivity index (χ0n) is 20.6. The number of nitrogen functional groups attached to an aromatic ring is 1. The first-order valence-corrected chi connectivity index (χ1v) is 14.0. The van der Waals surface area contributed by atoms with Crippen LogP contribution in [0.2, 0.25) is 0 Å². The quantitative estimate of drug-likeness (QED) is 0.118. The van der Waals surface area contributed by atoms with Crippen LogP contribution >= 0.6 is 35.1 Å². The van der Waals surface area contributed by atoms with Crippen molar-refractivity contribution in [3.05, 3.63) is 17.1 Å². The lowest BCUT2D eigenvalue weighted by Gasteiger charge is -2.49. The average Bonchev–Trinajstić information content (AvgIpc) is 3.51. The fourth-order valence-corrected chi connectivity index (χ4v) is 6.56. The monoisotopic (exact) mass is 583 g/mol. The fraction of sp³-hybridized carbons (Fsp3) is 0.526. The number of tetrazole rings is 1. The van der Waals surface area contributed by atoms with Gasteiger partial charge in [0, 0.05) is 29.6 Å². The molecular formula is C19H25N11O5S3. The van der Waals surface area contributed by atoms with E-state index in [0.29, 0.717) is 23.0 Å². The first-order chi connectivity index (χ1) is 18.2. The SMILES string of the molecule is CON=C(C(=O)NC1C(=O)N2C(C(=O)O)=C(CSc3nnnn3CCCN(C)C)CS[C@@H]12)c1nsc(N)n1. The molecule has 0 saturated carbocycles. The molecule has 2 aliphatic rings. The number of thioether (sulfide) groups is 2. The van der Waals surface area contributed by atoms with Crippen LogP contribution in [0.3, 0.4) is 0 Å². The molecule has 1 unspecified atom stereocenters. The number of carboxylic acids is 1. The van der Waals surface area contributed by atoms with Gasteiger partial charge in [-0.25, -0.2) is 9.48 Å². The number of oxime groups is 1. The van der Waals surface area contributed by atoms with E-state index in [0.717, 1.165) is 24.5 Å². The molecule has 19 heteroatoms. The summed E-state index contributed by atoms with van der Waals surface area (Å²) in [4.78, 5) is 49.9. The number of carbonyl (C=O) groups is 3. The third-order valence-corrected chi connectivity index (χ3v) is 8.36. The third-order valence-electron chi connectivity index (χ3n) is 5.44. The van der Waals surface area contributed by atoms with Gasteiger partial charge in [0.15, 0.2) is 5.13 Å². The number of hydrogen-bond donors (Lipinski definition) is 3. The zero-order chi connectivity index (χ0) is 27.4. The molecule has 4 heterocycles. The van der Waals surface area contributed by atoms with Gasteiger partial charge in [-0.05, 0) is 43.1 Å². The maximum Gasteiger partial charge on any atom is 0.352 e. The van der Waals surface area contributed by atoms with Gasteiger partial charge in [-0.15, -0.1) is 16.9 Å². The number of rotatable bonds is 12. The Morgan fingerprint density at radius 2 is 2.18 bits per heavy atom. The highest BCUT2D eigenvalue weighted by Gasteiger charge is 2.54. The van der Waals surface area contributed by atoms with Gasteiger partial charge < -0.3 is 25.9 Å². The molecule has 0 aliphatic carbocycles. The molecule has 2 aromatic rings. The molecule has 2 aliphatic heterocycles. The Morgan fingerprint density at radius 3 is 2.84 bits per heavy atom. The Labute approximate surface area is 229 Å². The minimum Gasteiger partial charge on any atom is -0.477 e. The number of β-lactam (4-membered cyclic amide) rings is 1. The van der Waals surface area contributed by atoms with Gasteiger partial charge in [-0.1, -0.05) is 16.9 Å². The number of nitrogens with one attached hydrogen (secondary N) is 1. The van der Waals surface area contributed by atoms with Crippen LogP contribution in [0.5, 0.6) is 0 Å². The molecule has 2 atom stereocenters. The lowest BCUT2D eigenvalue weighted by molar-refractivity contribution is -0.150. The van der Waals surface area contributed by atoms with Crippen molar-refractivity contribution in [1.82, 2.24) is 44.7 Å². The second-order valence-electron chi connectivity index (χ2n) is 8.33. The highest BCUT2D eigenvalue weighted by atomic mass is 32.2. The molecule has 2 amide bonds. The van der Waals surface area contributed by atoms with Gasteiger partial charge in [0.05, 0.1) is 0 Å². The van der Waals surface area contributed by atoms with E-state index in [1.54, 1.807) is 4.68 Å². The first-order valence-electron chi connectivity index (χ1n) is 11.2. The summed E-state index contributed by atoms with van der Waals surface area (Å²) in [6.07, 6.45) is 0.852. The molecule has 4 N–H and O–H groups in total. The van der Waals surface area contributed by atoms with E-state index < -0.39 is 29.2 Å². The van der Waals surface area contributed by atoms with Crippen LogP contribution in [-0.4, -0.2) is 119 Å². The number of amides is 2.